The molecule has 1 aromatic heterocycles. The van der Waals surface area contributed by atoms with Gasteiger partial charge in [0.1, 0.15) is 0 Å². The van der Waals surface area contributed by atoms with E-state index < -0.39 is 0 Å². The smallest absolute Gasteiger partial charge is 0.185 e. The topological polar surface area (TPSA) is 28.2 Å². The van der Waals surface area contributed by atoms with Crippen molar-refractivity contribution in [1.82, 2.24) is 10.3 Å². The Kier molecular flexibility index (Phi) is 6.46. The van der Waals surface area contributed by atoms with Gasteiger partial charge >= 0.3 is 0 Å². The average Bonchev–Trinajstić information content (AvgIpc) is 2.78. The van der Waals surface area contributed by atoms with Crippen LogP contribution in [0.25, 0.3) is 0 Å². The van der Waals surface area contributed by atoms with Gasteiger partial charge in [-0.25, -0.2) is 4.98 Å². The van der Waals surface area contributed by atoms with Crippen molar-refractivity contribution in [2.45, 2.75) is 66.5 Å². The predicted molar refractivity (Wildman–Crippen MR) is 90.8 cm³/mol. The highest BCUT2D eigenvalue weighted by Crippen LogP contribution is 2.27. The summed E-state index contributed by atoms with van der Waals surface area (Å²) in [5.74, 6) is 0.713. The number of nitrogens with zero attached hydrogens (tertiary/aromatic N) is 2. The molecule has 116 valence electrons. The standard InChI is InChI=1S/C16H31N3S/c1-8-12(3)11-19(7)15-18-13(9-2)14(20-15)10-17-16(4,5)6/h12,17H,8-11H2,1-7H3. The Hall–Kier alpha value is -0.610. The minimum Gasteiger partial charge on any atom is -0.351 e. The first-order chi connectivity index (χ1) is 9.26. The number of hydrogen-bond donors (Lipinski definition) is 1. The molecule has 1 N–H and O–H groups in total. The van der Waals surface area contributed by atoms with Gasteiger partial charge in [0.2, 0.25) is 0 Å². The molecule has 20 heavy (non-hydrogen) atoms. The summed E-state index contributed by atoms with van der Waals surface area (Å²) in [5, 5.41) is 4.73. The molecule has 1 rings (SSSR count). The number of rotatable bonds is 7. The minimum absolute atomic E-state index is 0.151. The second kappa shape index (κ2) is 7.41. The lowest BCUT2D eigenvalue weighted by Crippen LogP contribution is -2.35. The van der Waals surface area contributed by atoms with Gasteiger partial charge in [0.05, 0.1) is 5.69 Å². The number of thiazole rings is 1. The molecule has 0 saturated carbocycles. The van der Waals surface area contributed by atoms with Gasteiger partial charge in [-0.2, -0.15) is 0 Å². The third-order valence-corrected chi connectivity index (χ3v) is 4.70. The van der Waals surface area contributed by atoms with Crippen molar-refractivity contribution >= 4 is 16.5 Å². The number of nitrogens with one attached hydrogen (secondary N) is 1. The van der Waals surface area contributed by atoms with Gasteiger partial charge in [0, 0.05) is 30.6 Å². The minimum atomic E-state index is 0.151. The zero-order valence-corrected chi connectivity index (χ0v) is 15.0. The summed E-state index contributed by atoms with van der Waals surface area (Å²) in [6.45, 7) is 15.3. The van der Waals surface area contributed by atoms with Gasteiger partial charge in [-0.3, -0.25) is 0 Å². The molecule has 1 atom stereocenters. The first kappa shape index (κ1) is 17.4. The maximum atomic E-state index is 4.82. The Morgan fingerprint density at radius 3 is 2.45 bits per heavy atom. The van der Waals surface area contributed by atoms with E-state index in [1.165, 1.54) is 17.0 Å². The second-order valence-corrected chi connectivity index (χ2v) is 7.78. The lowest BCUT2D eigenvalue weighted by Gasteiger charge is -2.20. The normalized spacial score (nSPS) is 13.6. The fourth-order valence-electron chi connectivity index (χ4n) is 1.97. The molecule has 0 radical (unpaired) electrons. The summed E-state index contributed by atoms with van der Waals surface area (Å²) in [5.41, 5.74) is 1.40. The van der Waals surface area contributed by atoms with E-state index in [1.807, 2.05) is 11.3 Å². The van der Waals surface area contributed by atoms with Crippen molar-refractivity contribution in [2.75, 3.05) is 18.5 Å². The van der Waals surface area contributed by atoms with E-state index in [1.54, 1.807) is 0 Å². The average molecular weight is 298 g/mol. The molecule has 1 aromatic rings. The third kappa shape index (κ3) is 5.41. The predicted octanol–water partition coefficient (Wildman–Crippen LogP) is 4.08. The zero-order valence-electron chi connectivity index (χ0n) is 14.2. The van der Waals surface area contributed by atoms with Crippen molar-refractivity contribution in [2.24, 2.45) is 5.92 Å². The molecule has 0 aliphatic carbocycles. The van der Waals surface area contributed by atoms with Crippen LogP contribution in [0.2, 0.25) is 0 Å². The molecule has 0 bridgehead atoms. The first-order valence-corrected chi connectivity index (χ1v) is 8.53. The van der Waals surface area contributed by atoms with E-state index in [4.69, 9.17) is 4.98 Å². The van der Waals surface area contributed by atoms with Crippen LogP contribution in [0.5, 0.6) is 0 Å². The maximum absolute atomic E-state index is 4.82. The van der Waals surface area contributed by atoms with Crippen molar-refractivity contribution in [3.63, 3.8) is 0 Å². The largest absolute Gasteiger partial charge is 0.351 e. The lowest BCUT2D eigenvalue weighted by molar-refractivity contribution is 0.425. The highest BCUT2D eigenvalue weighted by atomic mass is 32.1. The number of anilines is 1. The van der Waals surface area contributed by atoms with Crippen LogP contribution in [0.15, 0.2) is 0 Å². The van der Waals surface area contributed by atoms with Crippen LogP contribution >= 0.6 is 11.3 Å². The van der Waals surface area contributed by atoms with Crippen LogP contribution in [-0.2, 0) is 13.0 Å². The highest BCUT2D eigenvalue weighted by Gasteiger charge is 2.16. The molecule has 0 aliphatic rings. The zero-order chi connectivity index (χ0) is 15.3. The Morgan fingerprint density at radius 2 is 1.95 bits per heavy atom. The summed E-state index contributed by atoms with van der Waals surface area (Å²) < 4.78 is 0. The van der Waals surface area contributed by atoms with Crippen LogP contribution in [-0.4, -0.2) is 24.1 Å². The Labute approximate surface area is 128 Å². The van der Waals surface area contributed by atoms with Crippen LogP contribution in [0, 0.1) is 5.92 Å². The summed E-state index contributed by atoms with van der Waals surface area (Å²) in [7, 11) is 2.16. The summed E-state index contributed by atoms with van der Waals surface area (Å²) in [6.07, 6.45) is 2.23. The Morgan fingerprint density at radius 1 is 1.30 bits per heavy atom. The molecule has 0 fully saturated rings. The molecular weight excluding hydrogens is 266 g/mol. The van der Waals surface area contributed by atoms with E-state index in [-0.39, 0.29) is 5.54 Å². The lowest BCUT2D eigenvalue weighted by atomic mass is 10.1. The first-order valence-electron chi connectivity index (χ1n) is 7.71. The molecular formula is C16H31N3S. The van der Waals surface area contributed by atoms with Crippen molar-refractivity contribution in [3.8, 4) is 0 Å². The van der Waals surface area contributed by atoms with Crippen LogP contribution < -0.4 is 10.2 Å². The van der Waals surface area contributed by atoms with Crippen LogP contribution in [0.4, 0.5) is 5.13 Å². The fraction of sp³-hybridized carbons (Fsp3) is 0.812. The molecule has 0 aliphatic heterocycles. The Balaban J connectivity index is 2.77. The molecule has 1 unspecified atom stereocenters. The third-order valence-electron chi connectivity index (χ3n) is 3.49. The van der Waals surface area contributed by atoms with E-state index in [9.17, 15) is 0 Å². The molecule has 3 nitrogen and oxygen atoms in total. The van der Waals surface area contributed by atoms with E-state index in [2.05, 4.69) is 58.8 Å². The van der Waals surface area contributed by atoms with Gasteiger partial charge < -0.3 is 10.2 Å². The van der Waals surface area contributed by atoms with Gasteiger partial charge in [-0.05, 0) is 33.1 Å². The van der Waals surface area contributed by atoms with E-state index in [0.717, 1.165) is 24.6 Å². The molecule has 1 heterocycles. The van der Waals surface area contributed by atoms with Crippen molar-refractivity contribution in [1.29, 1.82) is 0 Å². The number of aromatic nitrogens is 1. The molecule has 4 heteroatoms. The van der Waals surface area contributed by atoms with Crippen molar-refractivity contribution < 1.29 is 0 Å². The summed E-state index contributed by atoms with van der Waals surface area (Å²) in [4.78, 5) is 8.51. The summed E-state index contributed by atoms with van der Waals surface area (Å²) in [6, 6.07) is 0. The Bertz CT molecular complexity index is 406. The molecule has 0 amide bonds. The van der Waals surface area contributed by atoms with Gasteiger partial charge in [0.25, 0.3) is 0 Å². The van der Waals surface area contributed by atoms with E-state index >= 15 is 0 Å². The summed E-state index contributed by atoms with van der Waals surface area (Å²) >= 11 is 1.84. The number of aryl methyl sites for hydroxylation is 1. The highest BCUT2D eigenvalue weighted by molar-refractivity contribution is 7.15. The van der Waals surface area contributed by atoms with Crippen molar-refractivity contribution in [3.05, 3.63) is 10.6 Å². The van der Waals surface area contributed by atoms with Crippen LogP contribution in [0.1, 0.15) is 58.5 Å². The quantitative estimate of drug-likeness (QED) is 0.822. The molecule has 0 saturated heterocycles. The monoisotopic (exact) mass is 297 g/mol. The fourth-order valence-corrected chi connectivity index (χ4v) is 3.03. The van der Waals surface area contributed by atoms with Gasteiger partial charge in [-0.15, -0.1) is 11.3 Å². The van der Waals surface area contributed by atoms with Gasteiger partial charge in [0.15, 0.2) is 5.13 Å². The van der Waals surface area contributed by atoms with E-state index in [0.29, 0.717) is 5.92 Å². The SMILES string of the molecule is CCc1nc(N(C)CC(C)CC)sc1CNC(C)(C)C. The number of hydrogen-bond acceptors (Lipinski definition) is 4. The maximum Gasteiger partial charge on any atom is 0.185 e. The second-order valence-electron chi connectivity index (χ2n) is 6.72. The van der Waals surface area contributed by atoms with Gasteiger partial charge in [-0.1, -0.05) is 27.2 Å². The van der Waals surface area contributed by atoms with Crippen LogP contribution in [0.3, 0.4) is 0 Å². The molecule has 0 spiro atoms. The molecule has 0 aromatic carbocycles.